The standard InChI is InChI=1S/2C5H5.2BrH.Hf.2H2Si/c2*1-2-4-5-3-1;;;;;/h2*1-3H,4H2;2*1H;;2*1H2. The van der Waals surface area contributed by atoms with Gasteiger partial charge in [-0.2, -0.15) is 0 Å². The van der Waals surface area contributed by atoms with Crippen LogP contribution in [0.2, 0.25) is 0 Å². The van der Waals surface area contributed by atoms with Crippen LogP contribution in [0.3, 0.4) is 0 Å². The molecule has 82 valence electrons. The van der Waals surface area contributed by atoms with E-state index in [9.17, 15) is 0 Å². The second kappa shape index (κ2) is 6.84. The molecule has 0 N–H and O–H groups in total. The van der Waals surface area contributed by atoms with Gasteiger partial charge in [0.05, 0.1) is 0 Å². The Kier molecular flexibility index (Phi) is 7.40. The number of allylic oxidation sites excluding steroid dienone is 8. The van der Waals surface area contributed by atoms with Gasteiger partial charge in [0.1, 0.15) is 0 Å². The Bertz CT molecular complexity index is 406. The van der Waals surface area contributed by atoms with E-state index in [1.54, 1.807) is 6.66 Å². The zero-order valence-electron chi connectivity index (χ0n) is 8.61. The van der Waals surface area contributed by atoms with Crippen molar-refractivity contribution < 1.29 is 17.2 Å². The van der Waals surface area contributed by atoms with Crippen LogP contribution in [0.25, 0.3) is 0 Å². The van der Waals surface area contributed by atoms with Gasteiger partial charge in [-0.25, -0.2) is 0 Å². The van der Waals surface area contributed by atoms with Gasteiger partial charge >= 0.3 is 87.1 Å². The fourth-order valence-electron chi connectivity index (χ4n) is 1.81. The molecule has 5 heteroatoms. The molecule has 0 aromatic carbocycles. The molecule has 0 bridgehead atoms. The molecular formula is C10H16Br2HfSi2. The topological polar surface area (TPSA) is 0 Å². The zero-order valence-corrected chi connectivity index (χ0v) is 18.5. The van der Waals surface area contributed by atoms with Gasteiger partial charge in [-0.3, -0.25) is 0 Å². The van der Waals surface area contributed by atoms with E-state index < -0.39 is 17.2 Å². The fourth-order valence-corrected chi connectivity index (χ4v) is 18.5. The fraction of sp³-hybridized carbons (Fsp3) is 0.200. The molecule has 0 nitrogen and oxygen atoms in total. The summed E-state index contributed by atoms with van der Waals surface area (Å²) in [6, 6.07) is 0. The van der Waals surface area contributed by atoms with Crippen LogP contribution >= 0.6 is 34.0 Å². The van der Waals surface area contributed by atoms with Gasteiger partial charge in [0.2, 0.25) is 0 Å². The third-order valence-corrected chi connectivity index (χ3v) is 29.1. The molecule has 0 unspecified atom stereocenters. The molecule has 0 aliphatic heterocycles. The molecule has 15 heavy (non-hydrogen) atoms. The molecule has 0 aromatic heterocycles. The molecule has 0 saturated carbocycles. The van der Waals surface area contributed by atoms with Crippen LogP contribution in [0.1, 0.15) is 12.8 Å². The normalized spacial score (nSPS) is 16.8. The van der Waals surface area contributed by atoms with E-state index in [2.05, 4.69) is 50.3 Å². The SMILES string of the molecule is Br.Br.[SiH2]=[Hf](=[SiH2])([C]1=CC=CC1)[C]1=CC=CC1. The number of halogens is 2. The van der Waals surface area contributed by atoms with Crippen molar-refractivity contribution in [2.75, 3.05) is 0 Å². The maximum atomic E-state index is 2.38. The van der Waals surface area contributed by atoms with Crippen LogP contribution in [-0.2, 0) is 17.2 Å². The summed E-state index contributed by atoms with van der Waals surface area (Å²) in [5.41, 5.74) is 0. The van der Waals surface area contributed by atoms with Crippen LogP contribution in [0.5, 0.6) is 0 Å². The van der Waals surface area contributed by atoms with Crippen LogP contribution in [0.15, 0.2) is 43.1 Å². The summed E-state index contributed by atoms with van der Waals surface area (Å²) in [5.74, 6) is 0. The molecule has 0 atom stereocenters. The summed E-state index contributed by atoms with van der Waals surface area (Å²) >= 11 is -2.08. The molecule has 2 rings (SSSR count). The van der Waals surface area contributed by atoms with Crippen molar-refractivity contribution >= 4 is 47.8 Å². The quantitative estimate of drug-likeness (QED) is 0.480. The van der Waals surface area contributed by atoms with Crippen molar-refractivity contribution in [1.29, 1.82) is 0 Å². The minimum atomic E-state index is -2.08. The van der Waals surface area contributed by atoms with E-state index in [1.807, 2.05) is 0 Å². The van der Waals surface area contributed by atoms with Crippen LogP contribution in [-0.4, -0.2) is 13.9 Å². The third-order valence-electron chi connectivity index (χ3n) is 2.77. The van der Waals surface area contributed by atoms with E-state index in [4.69, 9.17) is 0 Å². The average molecular weight is 531 g/mol. The summed E-state index contributed by atoms with van der Waals surface area (Å²) in [4.78, 5) is 0. The second-order valence-corrected chi connectivity index (χ2v) is 44.1. The van der Waals surface area contributed by atoms with Gasteiger partial charge < -0.3 is 0 Å². The van der Waals surface area contributed by atoms with E-state index in [0.29, 0.717) is 0 Å². The molecule has 0 fully saturated rings. The number of rotatable bonds is 2. The number of hydrogen-bond acceptors (Lipinski definition) is 0. The molecule has 0 aromatic rings. The van der Waals surface area contributed by atoms with Gasteiger partial charge in [0.15, 0.2) is 0 Å². The van der Waals surface area contributed by atoms with Crippen molar-refractivity contribution in [2.24, 2.45) is 0 Å². The van der Waals surface area contributed by atoms with E-state index in [0.717, 1.165) is 0 Å². The second-order valence-electron chi connectivity index (χ2n) is 3.73. The monoisotopic (exact) mass is 530 g/mol. The number of hydrogen-bond donors (Lipinski definition) is 0. The minimum absolute atomic E-state index is 0. The Morgan fingerprint density at radius 1 is 0.867 bits per heavy atom. The Balaban J connectivity index is 0.000000980. The Morgan fingerprint density at radius 3 is 1.53 bits per heavy atom. The molecule has 0 saturated heterocycles. The summed E-state index contributed by atoms with van der Waals surface area (Å²) < 4.78 is 3.58. The summed E-state index contributed by atoms with van der Waals surface area (Å²) in [5, 5.41) is 0. The first kappa shape index (κ1) is 16.2. The third kappa shape index (κ3) is 3.59. The first-order valence-electron chi connectivity index (χ1n) is 4.64. The molecule has 0 heterocycles. The average Bonchev–Trinajstić information content (AvgIpc) is 2.78. The maximum absolute atomic E-state index is 2.38. The zero-order chi connectivity index (χ0) is 9.31. The Hall–Kier alpha value is 1.22. The van der Waals surface area contributed by atoms with Crippen molar-refractivity contribution in [3.05, 3.63) is 43.1 Å². The van der Waals surface area contributed by atoms with Crippen molar-refractivity contribution in [2.45, 2.75) is 12.8 Å². The Labute approximate surface area is 120 Å². The van der Waals surface area contributed by atoms with Crippen molar-refractivity contribution in [3.63, 3.8) is 0 Å². The van der Waals surface area contributed by atoms with Gasteiger partial charge in [-0.05, 0) is 0 Å². The van der Waals surface area contributed by atoms with Gasteiger partial charge in [-0.15, -0.1) is 34.0 Å². The molecule has 0 radical (unpaired) electrons. The molecule has 0 spiro atoms. The van der Waals surface area contributed by atoms with E-state index >= 15 is 0 Å². The van der Waals surface area contributed by atoms with Crippen LogP contribution in [0.4, 0.5) is 0 Å². The first-order chi connectivity index (χ1) is 6.21. The molecule has 2 aliphatic rings. The molecular weight excluding hydrogens is 515 g/mol. The summed E-state index contributed by atoms with van der Waals surface area (Å²) in [6.07, 6.45) is 16.3. The van der Waals surface area contributed by atoms with Gasteiger partial charge in [-0.1, -0.05) is 0 Å². The van der Waals surface area contributed by atoms with Gasteiger partial charge in [0, 0.05) is 0 Å². The predicted molar refractivity (Wildman–Crippen MR) is 81.4 cm³/mol. The molecule has 2 aliphatic carbocycles. The summed E-state index contributed by atoms with van der Waals surface area (Å²) in [6.45, 7) is 4.67. The molecule has 0 amide bonds. The van der Waals surface area contributed by atoms with E-state index in [1.165, 1.54) is 12.8 Å². The van der Waals surface area contributed by atoms with Crippen molar-refractivity contribution in [1.82, 2.24) is 0 Å². The van der Waals surface area contributed by atoms with Gasteiger partial charge in [0.25, 0.3) is 0 Å². The van der Waals surface area contributed by atoms with Crippen LogP contribution < -0.4 is 0 Å². The Morgan fingerprint density at radius 2 is 1.27 bits per heavy atom. The summed E-state index contributed by atoms with van der Waals surface area (Å²) in [7, 11) is 0. The van der Waals surface area contributed by atoms with Crippen molar-refractivity contribution in [3.8, 4) is 0 Å². The van der Waals surface area contributed by atoms with Crippen LogP contribution in [0, 0.1) is 0 Å². The van der Waals surface area contributed by atoms with E-state index in [-0.39, 0.29) is 34.0 Å². The predicted octanol–water partition coefficient (Wildman–Crippen LogP) is 2.08. The first-order valence-corrected chi connectivity index (χ1v) is 24.9.